The number of hydrogen-bond acceptors (Lipinski definition) is 3. The van der Waals surface area contributed by atoms with E-state index in [0.29, 0.717) is 12.1 Å². The summed E-state index contributed by atoms with van der Waals surface area (Å²) in [6.07, 6.45) is 1.23. The number of carboxylic acid groups (broad SMARTS) is 1. The first-order valence-corrected chi connectivity index (χ1v) is 5.24. The fourth-order valence-electron chi connectivity index (χ4n) is 1.36. The lowest BCUT2D eigenvalue weighted by Gasteiger charge is -2.19. The van der Waals surface area contributed by atoms with Crippen LogP contribution in [0.15, 0.2) is 23.1 Å². The van der Waals surface area contributed by atoms with Crippen LogP contribution in [0.5, 0.6) is 0 Å². The third kappa shape index (κ3) is 3.75. The van der Waals surface area contributed by atoms with Gasteiger partial charge in [0, 0.05) is 25.4 Å². The lowest BCUT2D eigenvalue weighted by molar-refractivity contribution is -0.137. The van der Waals surface area contributed by atoms with Crippen molar-refractivity contribution in [3.8, 4) is 0 Å². The molecule has 6 nitrogen and oxygen atoms in total. The minimum Gasteiger partial charge on any atom is -0.481 e. The Hall–Kier alpha value is -2.11. The Morgan fingerprint density at radius 3 is 2.59 bits per heavy atom. The zero-order valence-corrected chi connectivity index (χ0v) is 9.47. The number of hydrogen-bond donors (Lipinski definition) is 2. The lowest BCUT2D eigenvalue weighted by Crippen LogP contribution is -2.33. The van der Waals surface area contributed by atoms with Crippen molar-refractivity contribution < 1.29 is 14.7 Å². The van der Waals surface area contributed by atoms with Crippen LogP contribution >= 0.6 is 0 Å². The maximum absolute atomic E-state index is 11.9. The number of aliphatic carboxylic acids is 1. The number of nitrogens with one attached hydrogen (secondary N) is 1. The van der Waals surface area contributed by atoms with Crippen LogP contribution in [0.1, 0.15) is 23.7 Å². The Labute approximate surface area is 97.9 Å². The highest BCUT2D eigenvalue weighted by molar-refractivity contribution is 5.94. The number of H-pyrrole nitrogens is 1. The molecular formula is C11H14N2O4. The van der Waals surface area contributed by atoms with Gasteiger partial charge in [-0.1, -0.05) is 0 Å². The van der Waals surface area contributed by atoms with Crippen LogP contribution in [-0.2, 0) is 4.79 Å². The standard InChI is InChI=1S/C11H14N2O4/c1-2-13(6-5-10(15)16)11(17)8-3-4-9(14)12-7-8/h3-4,7H,2,5-6H2,1H3,(H,12,14)(H,15,16). The number of pyridine rings is 1. The van der Waals surface area contributed by atoms with E-state index in [9.17, 15) is 14.4 Å². The van der Waals surface area contributed by atoms with Crippen LogP contribution in [-0.4, -0.2) is 40.0 Å². The van der Waals surface area contributed by atoms with Gasteiger partial charge in [-0.3, -0.25) is 14.4 Å². The van der Waals surface area contributed by atoms with E-state index in [0.717, 1.165) is 0 Å². The average Bonchev–Trinajstić information content (AvgIpc) is 2.30. The van der Waals surface area contributed by atoms with E-state index >= 15 is 0 Å². The molecule has 0 bridgehead atoms. The molecule has 6 heteroatoms. The molecule has 0 saturated heterocycles. The van der Waals surface area contributed by atoms with E-state index in [1.54, 1.807) is 6.92 Å². The molecule has 1 aromatic rings. The number of nitrogens with zero attached hydrogens (tertiary/aromatic N) is 1. The van der Waals surface area contributed by atoms with Crippen LogP contribution in [0.25, 0.3) is 0 Å². The Bertz CT molecular complexity index is 446. The molecule has 0 aliphatic heterocycles. The van der Waals surface area contributed by atoms with Gasteiger partial charge in [0.15, 0.2) is 0 Å². The minimum absolute atomic E-state index is 0.0943. The number of carbonyl (C=O) groups excluding carboxylic acids is 1. The predicted octanol–water partition coefficient (Wildman–Crippen LogP) is 0.312. The number of carboxylic acids is 1. The van der Waals surface area contributed by atoms with Crippen LogP contribution in [0.4, 0.5) is 0 Å². The fourth-order valence-corrected chi connectivity index (χ4v) is 1.36. The molecule has 1 aromatic heterocycles. The van der Waals surface area contributed by atoms with Gasteiger partial charge in [-0.25, -0.2) is 0 Å². The molecule has 0 aromatic carbocycles. The molecule has 0 aliphatic rings. The van der Waals surface area contributed by atoms with Gasteiger partial charge >= 0.3 is 5.97 Å². The van der Waals surface area contributed by atoms with Gasteiger partial charge in [0.2, 0.25) is 5.56 Å². The molecule has 1 amide bonds. The second-order valence-corrected chi connectivity index (χ2v) is 3.47. The Morgan fingerprint density at radius 2 is 2.12 bits per heavy atom. The van der Waals surface area contributed by atoms with Crippen molar-refractivity contribution in [3.63, 3.8) is 0 Å². The summed E-state index contributed by atoms with van der Waals surface area (Å²) in [7, 11) is 0. The number of amides is 1. The van der Waals surface area contributed by atoms with Crippen molar-refractivity contribution in [1.82, 2.24) is 9.88 Å². The van der Waals surface area contributed by atoms with Crippen LogP contribution in [0.2, 0.25) is 0 Å². The summed E-state index contributed by atoms with van der Waals surface area (Å²) in [6, 6.07) is 2.68. The number of aromatic nitrogens is 1. The summed E-state index contributed by atoms with van der Waals surface area (Å²) in [5.41, 5.74) is 0.0620. The summed E-state index contributed by atoms with van der Waals surface area (Å²) >= 11 is 0. The topological polar surface area (TPSA) is 90.5 Å². The zero-order valence-electron chi connectivity index (χ0n) is 9.47. The molecule has 2 N–H and O–H groups in total. The predicted molar refractivity (Wildman–Crippen MR) is 60.9 cm³/mol. The molecule has 0 radical (unpaired) electrons. The van der Waals surface area contributed by atoms with E-state index in [1.165, 1.54) is 23.2 Å². The third-order valence-corrected chi connectivity index (χ3v) is 2.30. The maximum atomic E-state index is 11.9. The van der Waals surface area contributed by atoms with Crippen molar-refractivity contribution in [2.75, 3.05) is 13.1 Å². The van der Waals surface area contributed by atoms with Crippen molar-refractivity contribution in [2.45, 2.75) is 13.3 Å². The van der Waals surface area contributed by atoms with Gasteiger partial charge in [-0.2, -0.15) is 0 Å². The first-order valence-electron chi connectivity index (χ1n) is 5.24. The Kier molecular flexibility index (Phi) is 4.45. The highest BCUT2D eigenvalue weighted by Gasteiger charge is 2.14. The van der Waals surface area contributed by atoms with Crippen LogP contribution in [0.3, 0.4) is 0 Å². The highest BCUT2D eigenvalue weighted by atomic mass is 16.4. The van der Waals surface area contributed by atoms with Gasteiger partial charge in [0.25, 0.3) is 5.91 Å². The minimum atomic E-state index is -0.947. The largest absolute Gasteiger partial charge is 0.481 e. The summed E-state index contributed by atoms with van der Waals surface area (Å²) in [5.74, 6) is -1.23. The zero-order chi connectivity index (χ0) is 12.8. The molecule has 0 atom stereocenters. The van der Waals surface area contributed by atoms with E-state index in [4.69, 9.17) is 5.11 Å². The van der Waals surface area contributed by atoms with Gasteiger partial charge in [0.05, 0.1) is 12.0 Å². The van der Waals surface area contributed by atoms with Crippen molar-refractivity contribution in [3.05, 3.63) is 34.2 Å². The summed E-state index contributed by atoms with van der Waals surface area (Å²) in [6.45, 7) is 2.35. The summed E-state index contributed by atoms with van der Waals surface area (Å²) in [5, 5.41) is 8.56. The number of aromatic amines is 1. The molecule has 92 valence electrons. The third-order valence-electron chi connectivity index (χ3n) is 2.30. The average molecular weight is 238 g/mol. The first kappa shape index (κ1) is 13.0. The second kappa shape index (κ2) is 5.83. The summed E-state index contributed by atoms with van der Waals surface area (Å²) < 4.78 is 0. The number of carbonyl (C=O) groups is 2. The maximum Gasteiger partial charge on any atom is 0.305 e. The quantitative estimate of drug-likeness (QED) is 0.772. The Morgan fingerprint density at radius 1 is 1.41 bits per heavy atom. The van der Waals surface area contributed by atoms with Gasteiger partial charge in [0.1, 0.15) is 0 Å². The smallest absolute Gasteiger partial charge is 0.305 e. The summed E-state index contributed by atoms with van der Waals surface area (Å²) in [4.78, 5) is 37.0. The van der Waals surface area contributed by atoms with E-state index < -0.39 is 5.97 Å². The molecule has 0 spiro atoms. The van der Waals surface area contributed by atoms with Gasteiger partial charge < -0.3 is 15.0 Å². The monoisotopic (exact) mass is 238 g/mol. The lowest BCUT2D eigenvalue weighted by atomic mass is 10.2. The van der Waals surface area contributed by atoms with Gasteiger partial charge in [-0.15, -0.1) is 0 Å². The van der Waals surface area contributed by atoms with E-state index in [1.807, 2.05) is 0 Å². The van der Waals surface area contributed by atoms with E-state index in [2.05, 4.69) is 4.98 Å². The van der Waals surface area contributed by atoms with Crippen LogP contribution in [0, 0.1) is 0 Å². The molecule has 0 aliphatic carbocycles. The molecule has 1 rings (SSSR count). The van der Waals surface area contributed by atoms with Gasteiger partial charge in [-0.05, 0) is 13.0 Å². The normalized spacial score (nSPS) is 9.94. The van der Waals surface area contributed by atoms with Crippen molar-refractivity contribution in [1.29, 1.82) is 0 Å². The molecule has 0 saturated carbocycles. The van der Waals surface area contributed by atoms with Crippen molar-refractivity contribution >= 4 is 11.9 Å². The Balaban J connectivity index is 2.75. The fraction of sp³-hybridized carbons (Fsp3) is 0.364. The van der Waals surface area contributed by atoms with Crippen LogP contribution < -0.4 is 5.56 Å². The SMILES string of the molecule is CCN(CCC(=O)O)C(=O)c1ccc(=O)[nH]c1. The highest BCUT2D eigenvalue weighted by Crippen LogP contribution is 2.02. The molecular weight excluding hydrogens is 224 g/mol. The second-order valence-electron chi connectivity index (χ2n) is 3.47. The molecule has 1 heterocycles. The first-order chi connectivity index (χ1) is 8.04. The molecule has 0 unspecified atom stereocenters. The number of rotatable bonds is 5. The molecule has 0 fully saturated rings. The molecule has 17 heavy (non-hydrogen) atoms. The van der Waals surface area contributed by atoms with E-state index in [-0.39, 0.29) is 24.4 Å². The van der Waals surface area contributed by atoms with Crippen molar-refractivity contribution in [2.24, 2.45) is 0 Å².